The van der Waals surface area contributed by atoms with E-state index < -0.39 is 4.92 Å². The number of ether oxygens (including phenoxy) is 1. The van der Waals surface area contributed by atoms with Crippen LogP contribution in [0.5, 0.6) is 0 Å². The number of aromatic nitrogens is 1. The summed E-state index contributed by atoms with van der Waals surface area (Å²) in [6.45, 7) is 3.34. The molecule has 0 aliphatic carbocycles. The summed E-state index contributed by atoms with van der Waals surface area (Å²) in [5.74, 6) is 0.404. The van der Waals surface area contributed by atoms with Crippen LogP contribution in [0.4, 0.5) is 11.5 Å². The number of nitro groups is 1. The Balaban J connectivity index is 1.59. The van der Waals surface area contributed by atoms with Crippen molar-refractivity contribution in [3.8, 4) is 0 Å². The molecule has 1 aromatic rings. The van der Waals surface area contributed by atoms with Crippen LogP contribution < -0.4 is 5.32 Å². The van der Waals surface area contributed by atoms with Crippen molar-refractivity contribution in [3.63, 3.8) is 0 Å². The van der Waals surface area contributed by atoms with E-state index in [0.717, 1.165) is 19.7 Å². The average molecular weight is 313 g/mol. The van der Waals surface area contributed by atoms with Gasteiger partial charge < -0.3 is 10.1 Å². The van der Waals surface area contributed by atoms with Crippen molar-refractivity contribution in [1.29, 1.82) is 0 Å². The Hall–Kier alpha value is -1.44. The maximum atomic E-state index is 10.8. The molecular weight excluding hydrogens is 296 g/mol. The summed E-state index contributed by atoms with van der Waals surface area (Å²) in [5.41, 5.74) is -0.0679. The molecule has 2 atom stereocenters. The number of nitrogens with zero attached hydrogens (tertiary/aromatic N) is 3. The molecule has 2 saturated heterocycles. The average Bonchev–Trinajstić information content (AvgIpc) is 2.92. The van der Waals surface area contributed by atoms with Gasteiger partial charge in [0.2, 0.25) is 0 Å². The second-order valence-corrected chi connectivity index (χ2v) is 5.80. The van der Waals surface area contributed by atoms with Crippen molar-refractivity contribution in [1.82, 2.24) is 9.88 Å². The van der Waals surface area contributed by atoms with Crippen LogP contribution in [0.3, 0.4) is 0 Å². The van der Waals surface area contributed by atoms with Gasteiger partial charge in [-0.05, 0) is 19.4 Å². The first-order chi connectivity index (χ1) is 10.1. The van der Waals surface area contributed by atoms with E-state index in [2.05, 4.69) is 15.2 Å². The molecular formula is C13H17ClN4O3. The molecule has 0 spiro atoms. The highest BCUT2D eigenvalue weighted by Gasteiger charge is 2.32. The maximum absolute atomic E-state index is 10.8. The van der Waals surface area contributed by atoms with E-state index in [4.69, 9.17) is 16.3 Å². The Morgan fingerprint density at radius 2 is 2.43 bits per heavy atom. The highest BCUT2D eigenvalue weighted by Crippen LogP contribution is 2.24. The molecule has 2 aliphatic rings. The first kappa shape index (κ1) is 14.5. The lowest BCUT2D eigenvalue weighted by atomic mass is 10.2. The highest BCUT2D eigenvalue weighted by atomic mass is 35.5. The number of hydrogen-bond donors (Lipinski definition) is 1. The Morgan fingerprint density at radius 1 is 1.57 bits per heavy atom. The van der Waals surface area contributed by atoms with E-state index in [1.165, 1.54) is 25.0 Å². The third kappa shape index (κ3) is 3.42. The zero-order chi connectivity index (χ0) is 14.8. The van der Waals surface area contributed by atoms with Gasteiger partial charge in [0.25, 0.3) is 5.69 Å². The maximum Gasteiger partial charge on any atom is 0.276 e. The molecule has 2 aliphatic heterocycles. The lowest BCUT2D eigenvalue weighted by Gasteiger charge is -2.35. The van der Waals surface area contributed by atoms with E-state index in [1.807, 2.05) is 0 Å². The minimum Gasteiger partial charge on any atom is -0.373 e. The van der Waals surface area contributed by atoms with E-state index in [0.29, 0.717) is 18.4 Å². The highest BCUT2D eigenvalue weighted by molar-refractivity contribution is 6.29. The first-order valence-corrected chi connectivity index (χ1v) is 7.41. The number of halogens is 1. The van der Waals surface area contributed by atoms with Crippen molar-refractivity contribution in [3.05, 3.63) is 27.4 Å². The van der Waals surface area contributed by atoms with Gasteiger partial charge in [-0.15, -0.1) is 0 Å². The van der Waals surface area contributed by atoms with Crippen molar-refractivity contribution in [2.45, 2.75) is 25.0 Å². The van der Waals surface area contributed by atoms with Crippen LogP contribution in [-0.2, 0) is 4.74 Å². The van der Waals surface area contributed by atoms with Gasteiger partial charge in [0.05, 0.1) is 29.8 Å². The number of hydrogen-bond acceptors (Lipinski definition) is 6. The number of morpholine rings is 1. The summed E-state index contributed by atoms with van der Waals surface area (Å²) < 4.78 is 5.82. The van der Waals surface area contributed by atoms with Crippen LogP contribution in [0, 0.1) is 10.1 Å². The van der Waals surface area contributed by atoms with E-state index in [9.17, 15) is 10.1 Å². The fraction of sp³-hybridized carbons (Fsp3) is 0.615. The largest absolute Gasteiger partial charge is 0.373 e. The standard InChI is InChI=1S/C13H17ClN4O3/c14-12-4-10(18(19)20)5-13(16-12)15-6-11-7-17-3-1-2-9(17)8-21-11/h4-5,9,11H,1-3,6-8H2,(H,15,16). The zero-order valence-corrected chi connectivity index (χ0v) is 12.3. The summed E-state index contributed by atoms with van der Waals surface area (Å²) in [6.07, 6.45) is 2.51. The van der Waals surface area contributed by atoms with Crippen LogP contribution >= 0.6 is 11.6 Å². The second-order valence-electron chi connectivity index (χ2n) is 5.42. The van der Waals surface area contributed by atoms with Gasteiger partial charge in [-0.25, -0.2) is 4.98 Å². The van der Waals surface area contributed by atoms with Gasteiger partial charge in [0, 0.05) is 19.1 Å². The van der Waals surface area contributed by atoms with Gasteiger partial charge >= 0.3 is 0 Å². The second kappa shape index (κ2) is 6.13. The summed E-state index contributed by atoms with van der Waals surface area (Å²) in [5, 5.41) is 14.0. The summed E-state index contributed by atoms with van der Waals surface area (Å²) >= 11 is 5.79. The number of nitrogens with one attached hydrogen (secondary N) is 1. The van der Waals surface area contributed by atoms with Crippen molar-refractivity contribution >= 4 is 23.1 Å². The van der Waals surface area contributed by atoms with Crippen molar-refractivity contribution in [2.24, 2.45) is 0 Å². The quantitative estimate of drug-likeness (QED) is 0.520. The number of pyridine rings is 1. The van der Waals surface area contributed by atoms with E-state index >= 15 is 0 Å². The molecule has 3 rings (SSSR count). The molecule has 0 amide bonds. The van der Waals surface area contributed by atoms with Crippen LogP contribution in [0.15, 0.2) is 12.1 Å². The smallest absolute Gasteiger partial charge is 0.276 e. The fourth-order valence-electron chi connectivity index (χ4n) is 2.91. The Bertz CT molecular complexity index is 542. The fourth-order valence-corrected chi connectivity index (χ4v) is 3.11. The molecule has 114 valence electrons. The minimum absolute atomic E-state index is 0.0679. The SMILES string of the molecule is O=[N+]([O-])c1cc(Cl)nc(NCC2CN3CCCC3CO2)c1. The predicted molar refractivity (Wildman–Crippen MR) is 78.7 cm³/mol. The van der Waals surface area contributed by atoms with Crippen LogP contribution in [-0.4, -0.2) is 53.2 Å². The molecule has 0 saturated carbocycles. The molecule has 7 nitrogen and oxygen atoms in total. The van der Waals surface area contributed by atoms with Crippen LogP contribution in [0.2, 0.25) is 5.15 Å². The third-order valence-electron chi connectivity index (χ3n) is 3.96. The molecule has 1 aromatic heterocycles. The van der Waals surface area contributed by atoms with Gasteiger partial charge in [-0.3, -0.25) is 15.0 Å². The molecule has 0 bridgehead atoms. The number of fused-ring (bicyclic) bond motifs is 1. The summed E-state index contributed by atoms with van der Waals surface area (Å²) in [7, 11) is 0. The van der Waals surface area contributed by atoms with Crippen molar-refractivity contribution in [2.75, 3.05) is 31.6 Å². The van der Waals surface area contributed by atoms with Gasteiger partial charge in [-0.1, -0.05) is 11.6 Å². The normalized spacial score (nSPS) is 25.6. The monoisotopic (exact) mass is 312 g/mol. The summed E-state index contributed by atoms with van der Waals surface area (Å²) in [4.78, 5) is 16.8. The lowest BCUT2D eigenvalue weighted by Crippen LogP contribution is -2.48. The lowest BCUT2D eigenvalue weighted by molar-refractivity contribution is -0.384. The predicted octanol–water partition coefficient (Wildman–Crippen LogP) is 1.92. The first-order valence-electron chi connectivity index (χ1n) is 7.03. The van der Waals surface area contributed by atoms with Gasteiger partial charge in [0.1, 0.15) is 11.0 Å². The van der Waals surface area contributed by atoms with Gasteiger partial charge in [-0.2, -0.15) is 0 Å². The third-order valence-corrected chi connectivity index (χ3v) is 4.16. The molecule has 1 N–H and O–H groups in total. The van der Waals surface area contributed by atoms with E-state index in [1.54, 1.807) is 0 Å². The molecule has 2 unspecified atom stereocenters. The van der Waals surface area contributed by atoms with Crippen molar-refractivity contribution < 1.29 is 9.66 Å². The molecule has 0 aromatic carbocycles. The molecule has 3 heterocycles. The van der Waals surface area contributed by atoms with Crippen LogP contribution in [0.25, 0.3) is 0 Å². The Morgan fingerprint density at radius 3 is 3.24 bits per heavy atom. The topological polar surface area (TPSA) is 80.5 Å². The molecule has 0 radical (unpaired) electrons. The van der Waals surface area contributed by atoms with Crippen LogP contribution in [0.1, 0.15) is 12.8 Å². The molecule has 8 heteroatoms. The number of anilines is 1. The summed E-state index contributed by atoms with van der Waals surface area (Å²) in [6, 6.07) is 3.18. The minimum atomic E-state index is -0.481. The molecule has 2 fully saturated rings. The number of rotatable bonds is 4. The van der Waals surface area contributed by atoms with E-state index in [-0.39, 0.29) is 16.9 Å². The Labute approximate surface area is 127 Å². The molecule has 21 heavy (non-hydrogen) atoms. The van der Waals surface area contributed by atoms with Gasteiger partial charge in [0.15, 0.2) is 0 Å². The Kier molecular flexibility index (Phi) is 4.23. The zero-order valence-electron chi connectivity index (χ0n) is 11.5.